The van der Waals surface area contributed by atoms with Crippen molar-refractivity contribution in [1.82, 2.24) is 5.32 Å². The molecule has 0 bridgehead atoms. The minimum atomic E-state index is 0.483. The summed E-state index contributed by atoms with van der Waals surface area (Å²) >= 11 is 5.51. The number of rotatable bonds is 1. The predicted octanol–water partition coefficient (Wildman–Crippen LogP) is 3.48. The summed E-state index contributed by atoms with van der Waals surface area (Å²) in [7, 11) is 0. The summed E-state index contributed by atoms with van der Waals surface area (Å²) in [5.74, 6) is 1.21. The van der Waals surface area contributed by atoms with Crippen molar-refractivity contribution in [3.8, 4) is 0 Å². The topological polar surface area (TPSA) is 12.0 Å². The normalized spacial score (nSPS) is 26.8. The van der Waals surface area contributed by atoms with Crippen molar-refractivity contribution in [3.63, 3.8) is 0 Å². The highest BCUT2D eigenvalue weighted by Gasteiger charge is 2.22. The average Bonchev–Trinajstić information content (AvgIpc) is 2.57. The Labute approximate surface area is 97.8 Å². The molecular formula is C11H14BrNS. The van der Waals surface area contributed by atoms with E-state index in [4.69, 9.17) is 0 Å². The first-order valence-corrected chi connectivity index (χ1v) is 6.64. The van der Waals surface area contributed by atoms with E-state index >= 15 is 0 Å². The minimum Gasteiger partial charge on any atom is -0.298 e. The molecule has 1 nitrogen and oxygen atoms in total. The summed E-state index contributed by atoms with van der Waals surface area (Å²) in [5.41, 5.74) is 2.70. The largest absolute Gasteiger partial charge is 0.298 e. The van der Waals surface area contributed by atoms with E-state index in [0.717, 1.165) is 0 Å². The molecule has 0 radical (unpaired) electrons. The van der Waals surface area contributed by atoms with Crippen LogP contribution in [-0.4, -0.2) is 11.8 Å². The van der Waals surface area contributed by atoms with Gasteiger partial charge in [-0.25, -0.2) is 0 Å². The lowest BCUT2D eigenvalue weighted by Crippen LogP contribution is -2.21. The fraction of sp³-hybridized carbons (Fsp3) is 0.455. The van der Waals surface area contributed by atoms with Gasteiger partial charge < -0.3 is 0 Å². The van der Waals surface area contributed by atoms with Crippen LogP contribution in [0.15, 0.2) is 22.7 Å². The molecule has 1 saturated heterocycles. The Balaban J connectivity index is 2.20. The third-order valence-electron chi connectivity index (χ3n) is 2.43. The molecule has 0 saturated carbocycles. The Morgan fingerprint density at radius 1 is 1.50 bits per heavy atom. The molecule has 1 aromatic rings. The highest BCUT2D eigenvalue weighted by Crippen LogP contribution is 2.33. The third kappa shape index (κ3) is 2.15. The fourth-order valence-electron chi connectivity index (χ4n) is 1.62. The number of nitrogens with one attached hydrogen (secondary N) is 1. The smallest absolute Gasteiger partial charge is 0.0792 e. The summed E-state index contributed by atoms with van der Waals surface area (Å²) in [5, 5.41) is 4.05. The van der Waals surface area contributed by atoms with Crippen molar-refractivity contribution in [2.24, 2.45) is 0 Å². The van der Waals surface area contributed by atoms with E-state index < -0.39 is 0 Å². The number of hydrogen-bond donors (Lipinski definition) is 1. The molecule has 1 aromatic carbocycles. The van der Waals surface area contributed by atoms with E-state index in [-0.39, 0.29) is 0 Å². The lowest BCUT2D eigenvalue weighted by molar-refractivity contribution is 0.618. The van der Waals surface area contributed by atoms with Gasteiger partial charge in [-0.3, -0.25) is 5.32 Å². The van der Waals surface area contributed by atoms with Crippen LogP contribution in [0.2, 0.25) is 0 Å². The SMILES string of the molecule is Cc1cc(C2NC(C)CS2)ccc1Br. The zero-order valence-electron chi connectivity index (χ0n) is 8.38. The molecule has 3 heteroatoms. The van der Waals surface area contributed by atoms with E-state index in [1.54, 1.807) is 0 Å². The van der Waals surface area contributed by atoms with Crippen LogP contribution in [-0.2, 0) is 0 Å². The minimum absolute atomic E-state index is 0.483. The third-order valence-corrected chi connectivity index (χ3v) is 4.76. The van der Waals surface area contributed by atoms with Crippen molar-refractivity contribution in [2.45, 2.75) is 25.3 Å². The zero-order valence-corrected chi connectivity index (χ0v) is 10.8. The van der Waals surface area contributed by atoms with Crippen molar-refractivity contribution >= 4 is 27.7 Å². The quantitative estimate of drug-likeness (QED) is 0.840. The Bertz CT molecular complexity index is 340. The molecule has 0 aliphatic carbocycles. The second-order valence-corrected chi connectivity index (χ2v) is 5.78. The number of thioether (sulfide) groups is 1. The van der Waals surface area contributed by atoms with Crippen LogP contribution in [0.25, 0.3) is 0 Å². The molecule has 76 valence electrons. The van der Waals surface area contributed by atoms with Gasteiger partial charge in [0, 0.05) is 16.3 Å². The van der Waals surface area contributed by atoms with Crippen LogP contribution < -0.4 is 5.32 Å². The summed E-state index contributed by atoms with van der Waals surface area (Å²) in [6, 6.07) is 7.22. The van der Waals surface area contributed by atoms with E-state index in [1.807, 2.05) is 11.8 Å². The standard InChI is InChI=1S/C11H14BrNS/c1-7-5-9(3-4-10(7)12)11-13-8(2)6-14-11/h3-5,8,11,13H,6H2,1-2H3. The van der Waals surface area contributed by atoms with Crippen LogP contribution in [0, 0.1) is 6.92 Å². The van der Waals surface area contributed by atoms with E-state index in [0.29, 0.717) is 11.4 Å². The summed E-state index contributed by atoms with van der Waals surface area (Å²) in [6.45, 7) is 4.37. The number of hydrogen-bond acceptors (Lipinski definition) is 2. The molecule has 0 aromatic heterocycles. The monoisotopic (exact) mass is 271 g/mol. The Morgan fingerprint density at radius 3 is 2.86 bits per heavy atom. The lowest BCUT2D eigenvalue weighted by Gasteiger charge is -2.12. The molecule has 0 spiro atoms. The highest BCUT2D eigenvalue weighted by atomic mass is 79.9. The molecule has 1 N–H and O–H groups in total. The first-order chi connectivity index (χ1) is 6.66. The van der Waals surface area contributed by atoms with E-state index in [2.05, 4.69) is 53.3 Å². The van der Waals surface area contributed by atoms with E-state index in [1.165, 1.54) is 21.4 Å². The Kier molecular flexibility index (Phi) is 3.20. The van der Waals surface area contributed by atoms with Crippen LogP contribution >= 0.6 is 27.7 Å². The predicted molar refractivity (Wildman–Crippen MR) is 66.7 cm³/mol. The highest BCUT2D eigenvalue weighted by molar-refractivity contribution is 9.10. The number of aryl methyl sites for hydroxylation is 1. The summed E-state index contributed by atoms with van der Waals surface area (Å²) < 4.78 is 1.19. The van der Waals surface area contributed by atoms with Gasteiger partial charge in [0.1, 0.15) is 0 Å². The number of benzene rings is 1. The molecule has 1 fully saturated rings. The van der Waals surface area contributed by atoms with Gasteiger partial charge in [0.2, 0.25) is 0 Å². The molecular weight excluding hydrogens is 258 g/mol. The maximum Gasteiger partial charge on any atom is 0.0792 e. The van der Waals surface area contributed by atoms with Gasteiger partial charge in [-0.15, -0.1) is 11.8 Å². The van der Waals surface area contributed by atoms with Gasteiger partial charge in [0.15, 0.2) is 0 Å². The van der Waals surface area contributed by atoms with E-state index in [9.17, 15) is 0 Å². The lowest BCUT2D eigenvalue weighted by atomic mass is 10.1. The molecule has 14 heavy (non-hydrogen) atoms. The maximum atomic E-state index is 3.56. The van der Waals surface area contributed by atoms with Gasteiger partial charge in [0.25, 0.3) is 0 Å². The van der Waals surface area contributed by atoms with Gasteiger partial charge in [-0.1, -0.05) is 28.1 Å². The van der Waals surface area contributed by atoms with Crippen molar-refractivity contribution < 1.29 is 0 Å². The maximum absolute atomic E-state index is 3.56. The first kappa shape index (κ1) is 10.5. The van der Waals surface area contributed by atoms with Gasteiger partial charge in [-0.2, -0.15) is 0 Å². The zero-order chi connectivity index (χ0) is 10.1. The van der Waals surface area contributed by atoms with Gasteiger partial charge in [-0.05, 0) is 31.0 Å². The summed E-state index contributed by atoms with van der Waals surface area (Å²) in [4.78, 5) is 0. The van der Waals surface area contributed by atoms with Crippen LogP contribution in [0.4, 0.5) is 0 Å². The molecule has 2 unspecified atom stereocenters. The van der Waals surface area contributed by atoms with Crippen molar-refractivity contribution in [2.75, 3.05) is 5.75 Å². The summed E-state index contributed by atoms with van der Waals surface area (Å²) in [6.07, 6.45) is 0. The Hall–Kier alpha value is 0.01000. The van der Waals surface area contributed by atoms with Gasteiger partial charge in [0.05, 0.1) is 5.37 Å². The second-order valence-electron chi connectivity index (χ2n) is 3.79. The molecule has 1 aliphatic heterocycles. The molecule has 0 amide bonds. The van der Waals surface area contributed by atoms with Crippen molar-refractivity contribution in [1.29, 1.82) is 0 Å². The first-order valence-electron chi connectivity index (χ1n) is 4.80. The average molecular weight is 272 g/mol. The molecule has 1 aliphatic rings. The van der Waals surface area contributed by atoms with Crippen LogP contribution in [0.5, 0.6) is 0 Å². The van der Waals surface area contributed by atoms with Gasteiger partial charge >= 0.3 is 0 Å². The molecule has 1 heterocycles. The molecule has 2 rings (SSSR count). The van der Waals surface area contributed by atoms with Crippen LogP contribution in [0.3, 0.4) is 0 Å². The number of halogens is 1. The van der Waals surface area contributed by atoms with Crippen LogP contribution in [0.1, 0.15) is 23.4 Å². The Morgan fingerprint density at radius 2 is 2.29 bits per heavy atom. The molecule has 2 atom stereocenters. The fourth-order valence-corrected chi connectivity index (χ4v) is 3.11. The second kappa shape index (κ2) is 4.25. The van der Waals surface area contributed by atoms with Crippen molar-refractivity contribution in [3.05, 3.63) is 33.8 Å².